The van der Waals surface area contributed by atoms with Gasteiger partial charge in [-0.3, -0.25) is 0 Å². The number of hydrogen-bond donors (Lipinski definition) is 2. The second-order valence-corrected chi connectivity index (χ2v) is 5.00. The van der Waals surface area contributed by atoms with Crippen LogP contribution in [-0.2, 0) is 4.79 Å². The van der Waals surface area contributed by atoms with Crippen molar-refractivity contribution >= 4 is 33.8 Å². The highest BCUT2D eigenvalue weighted by atomic mass is 79.9. The van der Waals surface area contributed by atoms with Crippen LogP contribution < -0.4 is 3.93 Å². The highest BCUT2D eigenvalue weighted by Gasteiger charge is 2.40. The molecule has 1 fully saturated rings. The van der Waals surface area contributed by atoms with Crippen molar-refractivity contribution in [3.8, 4) is 0 Å². The number of aliphatic hydroxyl groups excluding tert-OH is 1. The minimum absolute atomic E-state index is 0.0186. The van der Waals surface area contributed by atoms with Gasteiger partial charge in [-0.25, -0.2) is 13.5 Å². The Kier molecular flexibility index (Phi) is 4.06. The van der Waals surface area contributed by atoms with E-state index in [2.05, 4.69) is 16.1 Å². The van der Waals surface area contributed by atoms with Crippen molar-refractivity contribution in [1.82, 2.24) is 4.90 Å². The number of hydrogen-bond acceptors (Lipinski definition) is 3. The van der Waals surface area contributed by atoms with Gasteiger partial charge in [0, 0.05) is 13.0 Å². The number of nitrogens with zero attached hydrogens (tertiary/aromatic N) is 2. The van der Waals surface area contributed by atoms with Crippen LogP contribution in [0.1, 0.15) is 6.42 Å². The molecule has 2 rings (SSSR count). The lowest BCUT2D eigenvalue weighted by atomic mass is 10.2. The summed E-state index contributed by atoms with van der Waals surface area (Å²) in [5.74, 6) is -1.11. The number of aliphatic carboxylic acids is 1. The first-order valence-electron chi connectivity index (χ1n) is 5.73. The van der Waals surface area contributed by atoms with E-state index in [9.17, 15) is 14.7 Å². The van der Waals surface area contributed by atoms with Crippen LogP contribution in [0.15, 0.2) is 30.3 Å². The molecular weight excluding hydrogens is 316 g/mol. The Morgan fingerprint density at radius 2 is 1.95 bits per heavy atom. The van der Waals surface area contributed by atoms with Crippen LogP contribution in [0.2, 0.25) is 0 Å². The van der Waals surface area contributed by atoms with Crippen LogP contribution in [0.5, 0.6) is 0 Å². The third-order valence-electron chi connectivity index (χ3n) is 2.96. The van der Waals surface area contributed by atoms with Crippen LogP contribution >= 0.6 is 16.1 Å². The molecule has 0 aromatic heterocycles. The summed E-state index contributed by atoms with van der Waals surface area (Å²) < 4.78 is 1.20. The largest absolute Gasteiger partial charge is 0.480 e. The highest BCUT2D eigenvalue weighted by Crippen LogP contribution is 2.25. The fourth-order valence-electron chi connectivity index (χ4n) is 2.04. The first-order chi connectivity index (χ1) is 9.00. The molecule has 0 aliphatic carbocycles. The minimum atomic E-state index is -1.11. The summed E-state index contributed by atoms with van der Waals surface area (Å²) in [6, 6.07) is 7.29. The number of aliphatic hydroxyl groups is 1. The molecule has 1 saturated heterocycles. The molecule has 1 aliphatic heterocycles. The number of benzene rings is 1. The van der Waals surface area contributed by atoms with Gasteiger partial charge in [0.15, 0.2) is 0 Å². The van der Waals surface area contributed by atoms with E-state index in [1.165, 1.54) is 3.93 Å². The van der Waals surface area contributed by atoms with Gasteiger partial charge in [0.2, 0.25) is 0 Å². The number of anilines is 1. The molecule has 1 heterocycles. The maximum atomic E-state index is 12.2. The SMILES string of the molecule is O=C(O)C1CC(O)CN1C(=O)N(Br)c1ccccc1. The number of rotatable bonds is 2. The fourth-order valence-corrected chi connectivity index (χ4v) is 2.48. The van der Waals surface area contributed by atoms with Crippen molar-refractivity contribution in [3.63, 3.8) is 0 Å². The zero-order chi connectivity index (χ0) is 14.0. The Hall–Kier alpha value is -1.60. The van der Waals surface area contributed by atoms with E-state index in [1.807, 2.05) is 6.07 Å². The van der Waals surface area contributed by atoms with E-state index < -0.39 is 24.1 Å². The predicted octanol–water partition coefficient (Wildman–Crippen LogP) is 1.44. The van der Waals surface area contributed by atoms with Gasteiger partial charge >= 0.3 is 12.0 Å². The number of para-hydroxylation sites is 1. The van der Waals surface area contributed by atoms with Gasteiger partial charge in [-0.1, -0.05) is 18.2 Å². The third kappa shape index (κ3) is 2.87. The van der Waals surface area contributed by atoms with Gasteiger partial charge in [-0.2, -0.15) is 0 Å². The summed E-state index contributed by atoms with van der Waals surface area (Å²) in [7, 11) is 0. The van der Waals surface area contributed by atoms with Crippen molar-refractivity contribution in [2.75, 3.05) is 10.5 Å². The number of carbonyl (C=O) groups excluding carboxylic acids is 1. The van der Waals surface area contributed by atoms with Gasteiger partial charge in [0.05, 0.1) is 27.9 Å². The van der Waals surface area contributed by atoms with Crippen molar-refractivity contribution in [2.24, 2.45) is 0 Å². The van der Waals surface area contributed by atoms with Crippen LogP contribution in [0.4, 0.5) is 10.5 Å². The van der Waals surface area contributed by atoms with Gasteiger partial charge in [-0.15, -0.1) is 0 Å². The lowest BCUT2D eigenvalue weighted by Crippen LogP contribution is -2.45. The number of likely N-dealkylation sites (tertiary alicyclic amines) is 1. The first kappa shape index (κ1) is 13.8. The second-order valence-electron chi connectivity index (χ2n) is 4.29. The fraction of sp³-hybridized carbons (Fsp3) is 0.333. The third-order valence-corrected chi connectivity index (χ3v) is 3.67. The Morgan fingerprint density at radius 1 is 1.32 bits per heavy atom. The summed E-state index contributed by atoms with van der Waals surface area (Å²) in [4.78, 5) is 24.5. The van der Waals surface area contributed by atoms with Crippen LogP contribution in [-0.4, -0.2) is 45.8 Å². The minimum Gasteiger partial charge on any atom is -0.480 e. The summed E-state index contributed by atoms with van der Waals surface area (Å²) in [5, 5.41) is 18.6. The van der Waals surface area contributed by atoms with E-state index in [-0.39, 0.29) is 13.0 Å². The number of carbonyl (C=O) groups is 2. The van der Waals surface area contributed by atoms with Gasteiger partial charge < -0.3 is 15.1 Å². The smallest absolute Gasteiger partial charge is 0.335 e. The van der Waals surface area contributed by atoms with Crippen LogP contribution in [0.25, 0.3) is 0 Å². The maximum Gasteiger partial charge on any atom is 0.335 e. The first-order valence-corrected chi connectivity index (χ1v) is 6.44. The Bertz CT molecular complexity index is 482. The zero-order valence-corrected chi connectivity index (χ0v) is 11.5. The molecule has 0 bridgehead atoms. The average molecular weight is 329 g/mol. The Balaban J connectivity index is 2.17. The number of halogens is 1. The summed E-state index contributed by atoms with van der Waals surface area (Å²) >= 11 is 3.13. The molecule has 102 valence electrons. The zero-order valence-electron chi connectivity index (χ0n) is 9.94. The monoisotopic (exact) mass is 328 g/mol. The summed E-state index contributed by atoms with van der Waals surface area (Å²) in [6.07, 6.45) is -0.752. The molecule has 2 amide bonds. The number of carboxylic acid groups (broad SMARTS) is 1. The van der Waals surface area contributed by atoms with Crippen molar-refractivity contribution < 1.29 is 19.8 Å². The Labute approximate surface area is 118 Å². The molecule has 2 atom stereocenters. The van der Waals surface area contributed by atoms with Crippen molar-refractivity contribution in [1.29, 1.82) is 0 Å². The molecule has 19 heavy (non-hydrogen) atoms. The van der Waals surface area contributed by atoms with E-state index in [0.29, 0.717) is 5.69 Å². The molecule has 2 unspecified atom stereocenters. The molecule has 1 aromatic rings. The summed E-state index contributed by atoms with van der Waals surface area (Å²) in [6.45, 7) is 0.0186. The lowest BCUT2D eigenvalue weighted by molar-refractivity contribution is -0.141. The number of amides is 2. The molecule has 0 saturated carbocycles. The van der Waals surface area contributed by atoms with Crippen molar-refractivity contribution in [3.05, 3.63) is 30.3 Å². The van der Waals surface area contributed by atoms with E-state index in [1.54, 1.807) is 24.3 Å². The topological polar surface area (TPSA) is 81.1 Å². The molecule has 0 spiro atoms. The maximum absolute atomic E-state index is 12.2. The molecule has 2 N–H and O–H groups in total. The molecule has 0 radical (unpaired) electrons. The van der Waals surface area contributed by atoms with Crippen LogP contribution in [0, 0.1) is 0 Å². The molecule has 1 aromatic carbocycles. The molecule has 1 aliphatic rings. The quantitative estimate of drug-likeness (QED) is 0.805. The lowest BCUT2D eigenvalue weighted by Gasteiger charge is -2.25. The van der Waals surface area contributed by atoms with Crippen molar-refractivity contribution in [2.45, 2.75) is 18.6 Å². The highest BCUT2D eigenvalue weighted by molar-refractivity contribution is 9.10. The van der Waals surface area contributed by atoms with Gasteiger partial charge in [0.25, 0.3) is 0 Å². The van der Waals surface area contributed by atoms with Gasteiger partial charge in [-0.05, 0) is 12.1 Å². The standard InChI is InChI=1S/C12H13BrN2O4/c13-15(8-4-2-1-3-5-8)12(19)14-7-9(16)6-10(14)11(17)18/h1-5,9-10,16H,6-7H2,(H,17,18). The van der Waals surface area contributed by atoms with E-state index >= 15 is 0 Å². The van der Waals surface area contributed by atoms with Gasteiger partial charge in [0.1, 0.15) is 6.04 Å². The average Bonchev–Trinajstić information content (AvgIpc) is 2.80. The normalized spacial score (nSPS) is 22.3. The van der Waals surface area contributed by atoms with Crippen LogP contribution in [0.3, 0.4) is 0 Å². The second kappa shape index (κ2) is 5.58. The number of carboxylic acids is 1. The Morgan fingerprint density at radius 3 is 2.53 bits per heavy atom. The number of urea groups is 1. The molecule has 6 nitrogen and oxygen atoms in total. The molecule has 7 heteroatoms. The van der Waals surface area contributed by atoms with E-state index in [0.717, 1.165) is 4.90 Å². The number of β-amino-alcohol motifs (C(OH)–C–C–N with tert-alkyl or cyclic N) is 1. The summed E-state index contributed by atoms with van der Waals surface area (Å²) in [5.41, 5.74) is 0.595. The molecular formula is C12H13BrN2O4. The van der Waals surface area contributed by atoms with E-state index in [4.69, 9.17) is 5.11 Å². The predicted molar refractivity (Wildman–Crippen MR) is 72.0 cm³/mol.